The lowest BCUT2D eigenvalue weighted by Gasteiger charge is -2.40. The highest BCUT2D eigenvalue weighted by atomic mass is 28.4. The smallest absolute Gasteiger partial charge is 0.193 e. The SMILES string of the molecule is CC#CC[C@H]1CCC[C@H](O[Si](C)(C)C(C)(C)C)C1=O. The number of carbonyl (C=O) groups is 1. The molecule has 1 rings (SSSR count). The molecule has 1 saturated carbocycles. The second kappa shape index (κ2) is 6.24. The molecule has 1 aliphatic rings. The standard InChI is InChI=1S/C16H28O2Si/c1-7-8-10-13-11-9-12-14(15(13)17)18-19(5,6)16(2,3)4/h13-14H,9-12H2,1-6H3/t13-,14-/m0/s1. The normalized spacial score (nSPS) is 24.8. The molecule has 0 N–H and O–H groups in total. The third-order valence-corrected chi connectivity index (χ3v) is 8.99. The van der Waals surface area contributed by atoms with E-state index in [4.69, 9.17) is 4.43 Å². The first-order valence-corrected chi connectivity index (χ1v) is 10.2. The van der Waals surface area contributed by atoms with E-state index in [2.05, 4.69) is 45.7 Å². The van der Waals surface area contributed by atoms with Crippen molar-refractivity contribution in [2.45, 2.75) is 77.6 Å². The van der Waals surface area contributed by atoms with E-state index in [-0.39, 0.29) is 17.1 Å². The van der Waals surface area contributed by atoms with Gasteiger partial charge >= 0.3 is 0 Å². The Balaban J connectivity index is 2.72. The highest BCUT2D eigenvalue weighted by molar-refractivity contribution is 6.74. The molecule has 1 fully saturated rings. The van der Waals surface area contributed by atoms with Gasteiger partial charge in [-0.2, -0.15) is 0 Å². The Morgan fingerprint density at radius 1 is 1.32 bits per heavy atom. The Kier molecular flexibility index (Phi) is 5.40. The lowest BCUT2D eigenvalue weighted by molar-refractivity contribution is -0.133. The molecule has 0 unspecified atom stereocenters. The van der Waals surface area contributed by atoms with Gasteiger partial charge in [0.05, 0.1) is 0 Å². The zero-order chi connectivity index (χ0) is 14.7. The minimum atomic E-state index is -1.85. The number of hydrogen-bond acceptors (Lipinski definition) is 2. The first-order chi connectivity index (χ1) is 8.69. The summed E-state index contributed by atoms with van der Waals surface area (Å²) in [7, 11) is -1.85. The van der Waals surface area contributed by atoms with E-state index in [0.717, 1.165) is 19.3 Å². The minimum Gasteiger partial charge on any atom is -0.407 e. The summed E-state index contributed by atoms with van der Waals surface area (Å²) in [5, 5.41) is 0.156. The van der Waals surface area contributed by atoms with Gasteiger partial charge in [0.1, 0.15) is 6.10 Å². The second-order valence-corrected chi connectivity index (χ2v) is 11.8. The monoisotopic (exact) mass is 280 g/mol. The molecule has 2 nitrogen and oxygen atoms in total. The van der Waals surface area contributed by atoms with Crippen molar-refractivity contribution in [1.82, 2.24) is 0 Å². The van der Waals surface area contributed by atoms with Gasteiger partial charge in [-0.25, -0.2) is 0 Å². The molecule has 0 aromatic heterocycles. The first kappa shape index (κ1) is 16.5. The van der Waals surface area contributed by atoms with Crippen LogP contribution in [0, 0.1) is 17.8 Å². The van der Waals surface area contributed by atoms with Crippen molar-refractivity contribution in [3.05, 3.63) is 0 Å². The van der Waals surface area contributed by atoms with E-state index in [0.29, 0.717) is 12.2 Å². The molecule has 3 heteroatoms. The van der Waals surface area contributed by atoms with Crippen LogP contribution in [0.2, 0.25) is 18.1 Å². The molecule has 0 heterocycles. The van der Waals surface area contributed by atoms with Gasteiger partial charge in [0, 0.05) is 12.3 Å². The van der Waals surface area contributed by atoms with Crippen LogP contribution in [0.15, 0.2) is 0 Å². The average molecular weight is 280 g/mol. The number of rotatable bonds is 3. The largest absolute Gasteiger partial charge is 0.407 e. The van der Waals surface area contributed by atoms with Gasteiger partial charge in [0.25, 0.3) is 0 Å². The highest BCUT2D eigenvalue weighted by Crippen LogP contribution is 2.39. The summed E-state index contributed by atoms with van der Waals surface area (Å²) in [4.78, 5) is 12.5. The Bertz CT molecular complexity index is 382. The van der Waals surface area contributed by atoms with Crippen LogP contribution in [0.1, 0.15) is 53.4 Å². The molecule has 0 aromatic carbocycles. The van der Waals surface area contributed by atoms with E-state index in [1.807, 2.05) is 6.92 Å². The second-order valence-electron chi connectivity index (χ2n) is 7.03. The van der Waals surface area contributed by atoms with E-state index >= 15 is 0 Å². The van der Waals surface area contributed by atoms with Gasteiger partial charge in [0.2, 0.25) is 0 Å². The number of hydrogen-bond donors (Lipinski definition) is 0. The van der Waals surface area contributed by atoms with Gasteiger partial charge in [-0.3, -0.25) is 4.79 Å². The highest BCUT2D eigenvalue weighted by Gasteiger charge is 2.42. The molecule has 0 aromatic rings. The van der Waals surface area contributed by atoms with Crippen molar-refractivity contribution in [3.8, 4) is 11.8 Å². The molecule has 0 amide bonds. The summed E-state index contributed by atoms with van der Waals surface area (Å²) in [5.74, 6) is 6.32. The van der Waals surface area contributed by atoms with Gasteiger partial charge in [-0.1, -0.05) is 20.8 Å². The van der Waals surface area contributed by atoms with Crippen LogP contribution in [0.3, 0.4) is 0 Å². The zero-order valence-electron chi connectivity index (χ0n) is 13.3. The summed E-state index contributed by atoms with van der Waals surface area (Å²) in [6.07, 6.45) is 3.47. The third kappa shape index (κ3) is 4.19. The van der Waals surface area contributed by atoms with Crippen LogP contribution in [0.25, 0.3) is 0 Å². The van der Waals surface area contributed by atoms with E-state index in [1.165, 1.54) is 0 Å². The molecule has 0 saturated heterocycles. The molecule has 0 aliphatic heterocycles. The van der Waals surface area contributed by atoms with Crippen molar-refractivity contribution in [1.29, 1.82) is 0 Å². The minimum absolute atomic E-state index is 0.0935. The van der Waals surface area contributed by atoms with Crippen LogP contribution in [0.4, 0.5) is 0 Å². The van der Waals surface area contributed by atoms with E-state index < -0.39 is 8.32 Å². The summed E-state index contributed by atoms with van der Waals surface area (Å²) in [6.45, 7) is 12.9. The third-order valence-electron chi connectivity index (χ3n) is 4.51. The summed E-state index contributed by atoms with van der Waals surface area (Å²) >= 11 is 0. The Morgan fingerprint density at radius 3 is 2.47 bits per heavy atom. The van der Waals surface area contributed by atoms with Crippen LogP contribution >= 0.6 is 0 Å². The Labute approximate surface area is 119 Å². The predicted octanol–water partition coefficient (Wildman–Crippen LogP) is 4.16. The molecular formula is C16H28O2Si. The molecular weight excluding hydrogens is 252 g/mol. The van der Waals surface area contributed by atoms with Crippen molar-refractivity contribution >= 4 is 14.1 Å². The molecule has 108 valence electrons. The predicted molar refractivity (Wildman–Crippen MR) is 82.5 cm³/mol. The lowest BCUT2D eigenvalue weighted by atomic mass is 9.84. The molecule has 0 radical (unpaired) electrons. The Morgan fingerprint density at radius 2 is 1.95 bits per heavy atom. The van der Waals surface area contributed by atoms with Crippen molar-refractivity contribution in [2.75, 3.05) is 0 Å². The fraction of sp³-hybridized carbons (Fsp3) is 0.812. The summed E-state index contributed by atoms with van der Waals surface area (Å²) < 4.78 is 6.31. The van der Waals surface area contributed by atoms with Gasteiger partial charge in [0.15, 0.2) is 14.1 Å². The van der Waals surface area contributed by atoms with Gasteiger partial charge < -0.3 is 4.43 Å². The van der Waals surface area contributed by atoms with Gasteiger partial charge in [-0.15, -0.1) is 11.8 Å². The molecule has 2 atom stereocenters. The lowest BCUT2D eigenvalue weighted by Crippen LogP contribution is -2.48. The molecule has 19 heavy (non-hydrogen) atoms. The summed E-state index contributed by atoms with van der Waals surface area (Å²) in [5.41, 5.74) is 0. The van der Waals surface area contributed by atoms with Crippen LogP contribution in [0.5, 0.6) is 0 Å². The van der Waals surface area contributed by atoms with Gasteiger partial charge in [-0.05, 0) is 44.3 Å². The fourth-order valence-electron chi connectivity index (χ4n) is 2.17. The first-order valence-electron chi connectivity index (χ1n) is 7.30. The maximum absolute atomic E-state index is 12.5. The van der Waals surface area contributed by atoms with Crippen molar-refractivity contribution in [3.63, 3.8) is 0 Å². The Hall–Kier alpha value is -0.593. The van der Waals surface area contributed by atoms with E-state index in [9.17, 15) is 4.79 Å². The van der Waals surface area contributed by atoms with Crippen molar-refractivity contribution < 1.29 is 9.22 Å². The molecule has 0 spiro atoms. The maximum atomic E-state index is 12.5. The van der Waals surface area contributed by atoms with Crippen LogP contribution in [-0.4, -0.2) is 20.2 Å². The maximum Gasteiger partial charge on any atom is 0.193 e. The van der Waals surface area contributed by atoms with E-state index in [1.54, 1.807) is 0 Å². The average Bonchev–Trinajstić information content (AvgIpc) is 2.28. The van der Waals surface area contributed by atoms with Crippen molar-refractivity contribution in [2.24, 2.45) is 5.92 Å². The topological polar surface area (TPSA) is 26.3 Å². The number of carbonyl (C=O) groups excluding carboxylic acids is 1. The molecule has 0 bridgehead atoms. The van der Waals surface area contributed by atoms with Crippen LogP contribution < -0.4 is 0 Å². The fourth-order valence-corrected chi connectivity index (χ4v) is 3.47. The number of ketones is 1. The number of Topliss-reactive ketones (excluding diaryl/α,β-unsaturated/α-hetero) is 1. The quantitative estimate of drug-likeness (QED) is 0.573. The molecule has 1 aliphatic carbocycles. The van der Waals surface area contributed by atoms with Crippen LogP contribution in [-0.2, 0) is 9.22 Å². The zero-order valence-corrected chi connectivity index (χ0v) is 14.3. The summed E-state index contributed by atoms with van der Waals surface area (Å²) in [6, 6.07) is 0.